The van der Waals surface area contributed by atoms with E-state index >= 15 is 0 Å². The van der Waals surface area contributed by atoms with Crippen molar-refractivity contribution in [2.24, 2.45) is 0 Å². The van der Waals surface area contributed by atoms with E-state index < -0.39 is 0 Å². The summed E-state index contributed by atoms with van der Waals surface area (Å²) in [6, 6.07) is 83.4. The molecule has 2 aromatic heterocycles. The molecule has 1 saturated carbocycles. The number of benzene rings is 10. The highest BCUT2D eigenvalue weighted by molar-refractivity contribution is 7.26. The molecule has 12 aromatic rings. The van der Waals surface area contributed by atoms with E-state index in [9.17, 15) is 0 Å². The van der Waals surface area contributed by atoms with E-state index in [1.807, 2.05) is 11.3 Å². The minimum Gasteiger partial charge on any atom is -0.310 e. The molecule has 0 amide bonds. The minimum atomic E-state index is 0.585. The summed E-state index contributed by atoms with van der Waals surface area (Å²) < 4.78 is 5.04. The number of anilines is 3. The molecule has 10 aromatic carbocycles. The Kier molecular flexibility index (Phi) is 9.83. The lowest BCUT2D eigenvalue weighted by atomic mass is 9.80. The van der Waals surface area contributed by atoms with Crippen LogP contribution in [0.5, 0.6) is 0 Å². The molecule has 0 unspecified atom stereocenters. The van der Waals surface area contributed by atoms with Gasteiger partial charge in [-0.3, -0.25) is 0 Å². The molecular formula is C64H48N2S. The van der Waals surface area contributed by atoms with E-state index in [1.165, 1.54) is 129 Å². The third-order valence-corrected chi connectivity index (χ3v) is 15.6. The Bertz CT molecular complexity index is 3770. The standard InChI is InChI=1S/C64H48N2S/c1-3-16-44(17-4-1)51-25-13-18-46-19-14-27-56(63(46)51)53-22-7-10-29-59(53)65(50-39-34-45(35-40-50)52-26-15-28-57-55-24-9-12-31-62(55)67-64(52)57)49-37-32-43(33-38-49)47-36-41-61-58(42-47)54-23-8-11-30-60(54)66(61)48-20-5-2-6-21-48/h2,5-15,18-42,44H,1,3-4,16-17H2. The monoisotopic (exact) mass is 876 g/mol. The van der Waals surface area contributed by atoms with Gasteiger partial charge in [-0.05, 0) is 130 Å². The Morgan fingerprint density at radius 2 is 1.03 bits per heavy atom. The average molecular weight is 877 g/mol. The number of fused-ring (bicyclic) bond motifs is 7. The summed E-state index contributed by atoms with van der Waals surface area (Å²) in [6.45, 7) is 0. The smallest absolute Gasteiger partial charge is 0.0541 e. The second kappa shape index (κ2) is 16.6. The van der Waals surface area contributed by atoms with Crippen molar-refractivity contribution < 1.29 is 0 Å². The van der Waals surface area contributed by atoms with Gasteiger partial charge in [-0.15, -0.1) is 11.3 Å². The van der Waals surface area contributed by atoms with Gasteiger partial charge in [0.15, 0.2) is 0 Å². The first-order chi connectivity index (χ1) is 33.2. The van der Waals surface area contributed by atoms with E-state index in [2.05, 4.69) is 234 Å². The lowest BCUT2D eigenvalue weighted by Crippen LogP contribution is -2.11. The van der Waals surface area contributed by atoms with Gasteiger partial charge in [0.1, 0.15) is 0 Å². The van der Waals surface area contributed by atoms with Gasteiger partial charge < -0.3 is 9.47 Å². The number of nitrogens with zero attached hydrogens (tertiary/aromatic N) is 2. The number of rotatable bonds is 8. The van der Waals surface area contributed by atoms with Crippen molar-refractivity contribution in [3.05, 3.63) is 230 Å². The van der Waals surface area contributed by atoms with Crippen molar-refractivity contribution in [1.82, 2.24) is 4.57 Å². The molecular weight excluding hydrogens is 829 g/mol. The Morgan fingerprint density at radius 3 is 1.85 bits per heavy atom. The van der Waals surface area contributed by atoms with E-state index in [-0.39, 0.29) is 0 Å². The fourth-order valence-electron chi connectivity index (χ4n) is 11.2. The summed E-state index contributed by atoms with van der Waals surface area (Å²) in [5.74, 6) is 0.585. The van der Waals surface area contributed by atoms with Crippen molar-refractivity contribution in [2.75, 3.05) is 4.90 Å². The van der Waals surface area contributed by atoms with Gasteiger partial charge >= 0.3 is 0 Å². The van der Waals surface area contributed by atoms with E-state index in [0.717, 1.165) is 17.1 Å². The van der Waals surface area contributed by atoms with Crippen LogP contribution < -0.4 is 4.90 Å². The normalized spacial score (nSPS) is 13.3. The molecule has 1 fully saturated rings. The first kappa shape index (κ1) is 39.6. The lowest BCUT2D eigenvalue weighted by Gasteiger charge is -2.29. The summed E-state index contributed by atoms with van der Waals surface area (Å²) in [5, 5.41) is 7.87. The second-order valence-electron chi connectivity index (χ2n) is 18.2. The molecule has 2 heterocycles. The molecule has 1 aliphatic rings. The summed E-state index contributed by atoms with van der Waals surface area (Å²) in [4.78, 5) is 2.47. The topological polar surface area (TPSA) is 8.17 Å². The SMILES string of the molecule is c1ccc(-n2c3ccccc3c3cc(-c4ccc(N(c5ccc(-c6cccc7c6sc6ccccc67)cc5)c5ccccc5-c5cccc6cccc(C7CCCCC7)c56)cc4)ccc32)cc1. The summed E-state index contributed by atoms with van der Waals surface area (Å²) in [7, 11) is 0. The highest BCUT2D eigenvalue weighted by Crippen LogP contribution is 2.47. The van der Waals surface area contributed by atoms with Crippen LogP contribution in [-0.2, 0) is 0 Å². The first-order valence-corrected chi connectivity index (χ1v) is 24.7. The minimum absolute atomic E-state index is 0.585. The van der Waals surface area contributed by atoms with Gasteiger partial charge in [0.25, 0.3) is 0 Å². The van der Waals surface area contributed by atoms with Crippen LogP contribution in [0.4, 0.5) is 17.1 Å². The third-order valence-electron chi connectivity index (χ3n) is 14.4. The second-order valence-corrected chi connectivity index (χ2v) is 19.3. The van der Waals surface area contributed by atoms with Crippen LogP contribution in [0.15, 0.2) is 224 Å². The number of hydrogen-bond acceptors (Lipinski definition) is 2. The van der Waals surface area contributed by atoms with Crippen LogP contribution in [0.1, 0.15) is 43.6 Å². The Morgan fingerprint density at radius 1 is 0.418 bits per heavy atom. The molecule has 0 radical (unpaired) electrons. The summed E-state index contributed by atoms with van der Waals surface area (Å²) in [6.07, 6.45) is 6.48. The Hall–Kier alpha value is -7.72. The van der Waals surface area contributed by atoms with Crippen LogP contribution in [-0.4, -0.2) is 4.57 Å². The van der Waals surface area contributed by atoms with Crippen LogP contribution in [0.2, 0.25) is 0 Å². The molecule has 0 bridgehead atoms. The van der Waals surface area contributed by atoms with Crippen molar-refractivity contribution in [1.29, 1.82) is 0 Å². The van der Waals surface area contributed by atoms with E-state index in [4.69, 9.17) is 0 Å². The lowest BCUT2D eigenvalue weighted by molar-refractivity contribution is 0.445. The number of thiophene rings is 1. The maximum atomic E-state index is 2.47. The van der Waals surface area contributed by atoms with Crippen molar-refractivity contribution >= 4 is 81.1 Å². The highest BCUT2D eigenvalue weighted by Gasteiger charge is 2.23. The van der Waals surface area contributed by atoms with Crippen LogP contribution in [0.3, 0.4) is 0 Å². The molecule has 0 saturated heterocycles. The molecule has 3 heteroatoms. The van der Waals surface area contributed by atoms with Crippen LogP contribution >= 0.6 is 11.3 Å². The Labute approximate surface area is 395 Å². The van der Waals surface area contributed by atoms with Crippen molar-refractivity contribution in [2.45, 2.75) is 38.0 Å². The molecule has 0 atom stereocenters. The van der Waals surface area contributed by atoms with E-state index in [0.29, 0.717) is 5.92 Å². The van der Waals surface area contributed by atoms with Crippen LogP contribution in [0, 0.1) is 0 Å². The zero-order valence-electron chi connectivity index (χ0n) is 37.3. The first-order valence-electron chi connectivity index (χ1n) is 23.9. The predicted octanol–water partition coefficient (Wildman–Crippen LogP) is 18.8. The number of aromatic nitrogens is 1. The molecule has 67 heavy (non-hydrogen) atoms. The molecule has 0 aliphatic heterocycles. The fraction of sp³-hybridized carbons (Fsp3) is 0.0938. The molecule has 1 aliphatic carbocycles. The molecule has 320 valence electrons. The fourth-order valence-corrected chi connectivity index (χ4v) is 12.5. The van der Waals surface area contributed by atoms with Gasteiger partial charge in [-0.25, -0.2) is 0 Å². The predicted molar refractivity (Wildman–Crippen MR) is 288 cm³/mol. The molecule has 0 N–H and O–H groups in total. The third kappa shape index (κ3) is 6.84. The van der Waals surface area contributed by atoms with Gasteiger partial charge in [-0.2, -0.15) is 0 Å². The zero-order chi connectivity index (χ0) is 44.3. The summed E-state index contributed by atoms with van der Waals surface area (Å²) >= 11 is 1.89. The van der Waals surface area contributed by atoms with E-state index in [1.54, 1.807) is 0 Å². The Balaban J connectivity index is 0.951. The summed E-state index contributed by atoms with van der Waals surface area (Å²) in [5.41, 5.74) is 15.9. The quantitative estimate of drug-likeness (QED) is 0.148. The largest absolute Gasteiger partial charge is 0.310 e. The molecule has 0 spiro atoms. The maximum absolute atomic E-state index is 2.47. The number of para-hydroxylation sites is 3. The van der Waals surface area contributed by atoms with Gasteiger partial charge in [0.2, 0.25) is 0 Å². The van der Waals surface area contributed by atoms with Gasteiger partial charge in [0, 0.05) is 53.6 Å². The molecule has 13 rings (SSSR count). The maximum Gasteiger partial charge on any atom is 0.0541 e. The average Bonchev–Trinajstić information content (AvgIpc) is 3.95. The zero-order valence-corrected chi connectivity index (χ0v) is 38.1. The van der Waals surface area contributed by atoms with Crippen LogP contribution in [0.25, 0.3) is 91.8 Å². The number of hydrogen-bond donors (Lipinski definition) is 0. The van der Waals surface area contributed by atoms with Gasteiger partial charge in [-0.1, -0.05) is 177 Å². The molecule has 2 nitrogen and oxygen atoms in total. The van der Waals surface area contributed by atoms with Crippen molar-refractivity contribution in [3.8, 4) is 39.1 Å². The van der Waals surface area contributed by atoms with Crippen molar-refractivity contribution in [3.63, 3.8) is 0 Å². The highest BCUT2D eigenvalue weighted by atomic mass is 32.1. The van der Waals surface area contributed by atoms with Gasteiger partial charge in [0.05, 0.1) is 16.7 Å².